The lowest BCUT2D eigenvalue weighted by atomic mass is 10.1. The minimum atomic E-state index is 0.767. The van der Waals surface area contributed by atoms with Gasteiger partial charge in [0, 0.05) is 10.9 Å². The Morgan fingerprint density at radius 3 is 2.77 bits per heavy atom. The van der Waals surface area contributed by atoms with Crippen LogP contribution < -0.4 is 0 Å². The lowest BCUT2D eigenvalue weighted by Gasteiger charge is -2.04. The third kappa shape index (κ3) is 2.53. The number of hydrogen-bond donors (Lipinski definition) is 0. The van der Waals surface area contributed by atoms with Crippen molar-refractivity contribution >= 4 is 33.3 Å². The van der Waals surface area contributed by atoms with Gasteiger partial charge in [0.2, 0.25) is 0 Å². The molecule has 0 aliphatic carbocycles. The predicted octanol–water partition coefficient (Wildman–Crippen LogP) is 5.24. The second kappa shape index (κ2) is 5.94. The van der Waals surface area contributed by atoms with Crippen molar-refractivity contribution in [2.45, 2.75) is 10.8 Å². The summed E-state index contributed by atoms with van der Waals surface area (Å²) < 4.78 is 5.40. The Morgan fingerprint density at radius 2 is 1.95 bits per heavy atom. The van der Waals surface area contributed by atoms with E-state index in [4.69, 9.17) is 4.42 Å². The Hall–Kier alpha value is -2.11. The van der Waals surface area contributed by atoms with Crippen LogP contribution in [0.3, 0.4) is 0 Å². The second-order valence-electron chi connectivity index (χ2n) is 4.74. The SMILES string of the molecule is c1ccc(-c2csc3ncnc(SCc4ccco4)c23)cc1. The average molecular weight is 324 g/mol. The summed E-state index contributed by atoms with van der Waals surface area (Å²) in [7, 11) is 0. The summed E-state index contributed by atoms with van der Waals surface area (Å²) in [6, 6.07) is 14.3. The zero-order chi connectivity index (χ0) is 14.8. The van der Waals surface area contributed by atoms with Gasteiger partial charge in [0.1, 0.15) is 21.9 Å². The molecule has 0 radical (unpaired) electrons. The van der Waals surface area contributed by atoms with Crippen LogP contribution in [-0.4, -0.2) is 9.97 Å². The normalized spacial score (nSPS) is 11.1. The van der Waals surface area contributed by atoms with Crippen molar-refractivity contribution in [3.8, 4) is 11.1 Å². The van der Waals surface area contributed by atoms with Crippen LogP contribution in [0.25, 0.3) is 21.3 Å². The Balaban J connectivity index is 1.76. The molecule has 5 heteroatoms. The van der Waals surface area contributed by atoms with Crippen molar-refractivity contribution in [3.63, 3.8) is 0 Å². The molecule has 0 atom stereocenters. The van der Waals surface area contributed by atoms with Crippen LogP contribution in [0.15, 0.2) is 69.9 Å². The topological polar surface area (TPSA) is 38.9 Å². The number of benzene rings is 1. The van der Waals surface area contributed by atoms with E-state index in [2.05, 4.69) is 39.6 Å². The van der Waals surface area contributed by atoms with Gasteiger partial charge in [0.25, 0.3) is 0 Å². The first-order chi connectivity index (χ1) is 10.9. The van der Waals surface area contributed by atoms with Crippen molar-refractivity contribution in [2.24, 2.45) is 0 Å². The zero-order valence-corrected chi connectivity index (χ0v) is 13.2. The number of fused-ring (bicyclic) bond motifs is 1. The van der Waals surface area contributed by atoms with Crippen molar-refractivity contribution in [3.05, 3.63) is 66.2 Å². The van der Waals surface area contributed by atoms with Gasteiger partial charge in [0.05, 0.1) is 17.4 Å². The highest BCUT2D eigenvalue weighted by Gasteiger charge is 2.13. The Kier molecular flexibility index (Phi) is 3.66. The fourth-order valence-electron chi connectivity index (χ4n) is 2.32. The van der Waals surface area contributed by atoms with Crippen LogP contribution in [-0.2, 0) is 5.75 Å². The van der Waals surface area contributed by atoms with Crippen molar-refractivity contribution in [2.75, 3.05) is 0 Å². The first-order valence-corrected chi connectivity index (χ1v) is 8.71. The molecule has 0 unspecified atom stereocenters. The second-order valence-corrected chi connectivity index (χ2v) is 6.56. The van der Waals surface area contributed by atoms with Crippen LogP contribution in [0, 0.1) is 0 Å². The summed E-state index contributed by atoms with van der Waals surface area (Å²) >= 11 is 3.34. The van der Waals surface area contributed by atoms with Gasteiger partial charge in [0.15, 0.2) is 0 Å². The van der Waals surface area contributed by atoms with E-state index in [1.54, 1.807) is 35.7 Å². The molecule has 22 heavy (non-hydrogen) atoms. The molecule has 3 aromatic heterocycles. The summed E-state index contributed by atoms with van der Waals surface area (Å²) in [4.78, 5) is 9.91. The fourth-order valence-corrected chi connectivity index (χ4v) is 4.22. The van der Waals surface area contributed by atoms with Gasteiger partial charge < -0.3 is 4.42 Å². The molecule has 108 valence electrons. The molecular weight excluding hydrogens is 312 g/mol. The number of thiophene rings is 1. The van der Waals surface area contributed by atoms with Crippen molar-refractivity contribution in [1.29, 1.82) is 0 Å². The number of nitrogens with zero attached hydrogens (tertiary/aromatic N) is 2. The monoisotopic (exact) mass is 324 g/mol. The number of hydrogen-bond acceptors (Lipinski definition) is 5. The number of furan rings is 1. The highest BCUT2D eigenvalue weighted by atomic mass is 32.2. The molecule has 0 saturated heterocycles. The Labute approximate surface area is 136 Å². The van der Waals surface area contributed by atoms with Gasteiger partial charge in [-0.05, 0) is 17.7 Å². The van der Waals surface area contributed by atoms with Crippen LogP contribution in [0.1, 0.15) is 5.76 Å². The van der Waals surface area contributed by atoms with E-state index < -0.39 is 0 Å². The molecule has 0 saturated carbocycles. The number of thioether (sulfide) groups is 1. The molecule has 0 spiro atoms. The predicted molar refractivity (Wildman–Crippen MR) is 91.1 cm³/mol. The minimum absolute atomic E-state index is 0.767. The highest BCUT2D eigenvalue weighted by molar-refractivity contribution is 7.98. The number of rotatable bonds is 4. The summed E-state index contributed by atoms with van der Waals surface area (Å²) in [5, 5.41) is 4.29. The van der Waals surface area contributed by atoms with E-state index in [0.29, 0.717) is 0 Å². The third-order valence-electron chi connectivity index (χ3n) is 3.35. The van der Waals surface area contributed by atoms with E-state index in [1.165, 1.54) is 11.1 Å². The van der Waals surface area contributed by atoms with Crippen molar-refractivity contribution in [1.82, 2.24) is 9.97 Å². The van der Waals surface area contributed by atoms with Crippen LogP contribution in [0.2, 0.25) is 0 Å². The number of aromatic nitrogens is 2. The fraction of sp³-hybridized carbons (Fsp3) is 0.0588. The van der Waals surface area contributed by atoms with Gasteiger partial charge in [-0.1, -0.05) is 42.1 Å². The molecule has 0 amide bonds. The van der Waals surface area contributed by atoms with Gasteiger partial charge in [-0.25, -0.2) is 9.97 Å². The van der Waals surface area contributed by atoms with Gasteiger partial charge in [-0.3, -0.25) is 0 Å². The average Bonchev–Trinajstić information content (AvgIpc) is 3.23. The lowest BCUT2D eigenvalue weighted by molar-refractivity contribution is 0.530. The van der Waals surface area contributed by atoms with Gasteiger partial charge in [-0.15, -0.1) is 11.3 Å². The van der Waals surface area contributed by atoms with Crippen LogP contribution in [0.5, 0.6) is 0 Å². The molecule has 1 aromatic carbocycles. The van der Waals surface area contributed by atoms with Crippen LogP contribution >= 0.6 is 23.1 Å². The van der Waals surface area contributed by atoms with Gasteiger partial charge >= 0.3 is 0 Å². The maximum atomic E-state index is 5.40. The van der Waals surface area contributed by atoms with E-state index in [0.717, 1.165) is 26.8 Å². The van der Waals surface area contributed by atoms with E-state index in [9.17, 15) is 0 Å². The first-order valence-electron chi connectivity index (χ1n) is 6.84. The highest BCUT2D eigenvalue weighted by Crippen LogP contribution is 2.38. The summed E-state index contributed by atoms with van der Waals surface area (Å²) in [5.41, 5.74) is 2.39. The van der Waals surface area contributed by atoms with Crippen molar-refractivity contribution < 1.29 is 4.42 Å². The van der Waals surface area contributed by atoms with E-state index in [-0.39, 0.29) is 0 Å². The maximum absolute atomic E-state index is 5.40. The molecule has 0 fully saturated rings. The molecule has 0 bridgehead atoms. The standard InChI is InChI=1S/C17H12N2OS2/c1-2-5-12(6-3-1)14-10-22-17-15(14)16(18-11-19-17)21-9-13-7-4-8-20-13/h1-8,10-11H,9H2. The molecular formula is C17H12N2OS2. The zero-order valence-electron chi connectivity index (χ0n) is 11.6. The summed E-state index contributed by atoms with van der Waals surface area (Å²) in [6.07, 6.45) is 3.34. The van der Waals surface area contributed by atoms with Gasteiger partial charge in [-0.2, -0.15) is 0 Å². The molecule has 0 N–H and O–H groups in total. The quantitative estimate of drug-likeness (QED) is 0.380. The van der Waals surface area contributed by atoms with Crippen LogP contribution in [0.4, 0.5) is 0 Å². The van der Waals surface area contributed by atoms with E-state index >= 15 is 0 Å². The smallest absolute Gasteiger partial charge is 0.128 e. The Bertz CT molecular complexity index is 886. The van der Waals surface area contributed by atoms with E-state index in [1.807, 2.05) is 18.2 Å². The molecule has 0 aliphatic heterocycles. The molecule has 3 nitrogen and oxygen atoms in total. The molecule has 4 aromatic rings. The Morgan fingerprint density at radius 1 is 1.05 bits per heavy atom. The molecule has 0 aliphatic rings. The maximum Gasteiger partial charge on any atom is 0.128 e. The summed E-state index contributed by atoms with van der Waals surface area (Å²) in [6.45, 7) is 0. The molecule has 3 heterocycles. The molecule has 4 rings (SSSR count). The summed E-state index contributed by atoms with van der Waals surface area (Å²) in [5.74, 6) is 1.72. The third-order valence-corrected chi connectivity index (χ3v) is 5.25. The largest absolute Gasteiger partial charge is 0.468 e. The lowest BCUT2D eigenvalue weighted by Crippen LogP contribution is -1.86. The minimum Gasteiger partial charge on any atom is -0.468 e. The first kappa shape index (κ1) is 13.5.